The summed E-state index contributed by atoms with van der Waals surface area (Å²) in [6.07, 6.45) is 0. The molecule has 2 heterocycles. The number of aromatic nitrogens is 2. The zero-order valence-electron chi connectivity index (χ0n) is 17.8. The van der Waals surface area contributed by atoms with Crippen molar-refractivity contribution in [2.24, 2.45) is 5.73 Å². The number of halogens is 1. The van der Waals surface area contributed by atoms with Gasteiger partial charge >= 0.3 is 6.03 Å². The molecule has 168 valence electrons. The number of carbonyl (C=O) groups excluding carboxylic acids is 2. The second-order valence-corrected chi connectivity index (χ2v) is 7.84. The highest BCUT2D eigenvalue weighted by Crippen LogP contribution is 2.33. The van der Waals surface area contributed by atoms with Crippen LogP contribution in [0.1, 0.15) is 28.5 Å². The van der Waals surface area contributed by atoms with E-state index in [0.29, 0.717) is 58.7 Å². The predicted molar refractivity (Wildman–Crippen MR) is 123 cm³/mol. The number of primary amides is 1. The first-order valence-electron chi connectivity index (χ1n) is 10.3. The molecule has 0 aliphatic carbocycles. The quantitative estimate of drug-likeness (QED) is 0.596. The van der Waals surface area contributed by atoms with Gasteiger partial charge in [0.05, 0.1) is 42.6 Å². The molecule has 4 rings (SSSR count). The van der Waals surface area contributed by atoms with E-state index in [-0.39, 0.29) is 18.1 Å². The van der Waals surface area contributed by atoms with Gasteiger partial charge in [0.25, 0.3) is 5.91 Å². The molecule has 0 saturated carbocycles. The maximum atomic E-state index is 12.8. The first-order chi connectivity index (χ1) is 15.9. The van der Waals surface area contributed by atoms with Crippen LogP contribution in [0.3, 0.4) is 0 Å². The number of anilines is 1. The topological polar surface area (TPSA) is 126 Å². The normalized spacial score (nSPS) is 12.6. The predicted octanol–water partition coefficient (Wildman–Crippen LogP) is 3.62. The van der Waals surface area contributed by atoms with Gasteiger partial charge in [-0.05, 0) is 49.4 Å². The highest BCUT2D eigenvalue weighted by atomic mass is 35.5. The Bertz CT molecular complexity index is 1260. The van der Waals surface area contributed by atoms with Crippen molar-refractivity contribution >= 4 is 29.2 Å². The number of ether oxygens (including phenoxy) is 1. The lowest BCUT2D eigenvalue weighted by molar-refractivity contribution is 0.0997. The zero-order valence-corrected chi connectivity index (χ0v) is 18.6. The van der Waals surface area contributed by atoms with Crippen LogP contribution in [-0.4, -0.2) is 39.8 Å². The average molecular weight is 465 g/mol. The van der Waals surface area contributed by atoms with E-state index in [1.165, 1.54) is 0 Å². The van der Waals surface area contributed by atoms with Crippen LogP contribution in [0.2, 0.25) is 5.02 Å². The second-order valence-electron chi connectivity index (χ2n) is 7.41. The Labute approximate surface area is 195 Å². The minimum Gasteiger partial charge on any atom is -0.494 e. The summed E-state index contributed by atoms with van der Waals surface area (Å²) in [5, 5.41) is 16.8. The number of nitriles is 1. The van der Waals surface area contributed by atoms with Gasteiger partial charge in [-0.3, -0.25) is 9.48 Å². The number of nitrogens with zero attached hydrogens (tertiary/aromatic N) is 4. The Morgan fingerprint density at radius 2 is 2.00 bits per heavy atom. The van der Waals surface area contributed by atoms with E-state index in [2.05, 4.69) is 10.4 Å². The molecule has 3 N–H and O–H groups in total. The summed E-state index contributed by atoms with van der Waals surface area (Å²) >= 11 is 6.25. The smallest absolute Gasteiger partial charge is 0.322 e. The van der Waals surface area contributed by atoms with Crippen LogP contribution in [0, 0.1) is 11.3 Å². The van der Waals surface area contributed by atoms with Crippen molar-refractivity contribution in [1.82, 2.24) is 14.7 Å². The van der Waals surface area contributed by atoms with Crippen molar-refractivity contribution in [3.05, 3.63) is 64.3 Å². The monoisotopic (exact) mass is 464 g/mol. The Morgan fingerprint density at radius 3 is 2.67 bits per heavy atom. The van der Waals surface area contributed by atoms with Gasteiger partial charge in [-0.2, -0.15) is 10.4 Å². The highest BCUT2D eigenvalue weighted by Gasteiger charge is 2.30. The van der Waals surface area contributed by atoms with Gasteiger partial charge in [-0.1, -0.05) is 11.6 Å². The summed E-state index contributed by atoms with van der Waals surface area (Å²) in [5.41, 5.74) is 8.60. The van der Waals surface area contributed by atoms with Gasteiger partial charge in [0, 0.05) is 22.8 Å². The van der Waals surface area contributed by atoms with E-state index >= 15 is 0 Å². The standard InChI is InChI=1S/C23H21ClN6O3/c1-2-33-18-10-15(9-16(24)11-18)21-20(22(26)31)19-13-29(7-8-30(19)28-21)23(32)27-17-5-3-14(12-25)4-6-17/h3-6,9-11H,2,7-8,13H2,1H3,(H2,26,31)(H,27,32). The van der Waals surface area contributed by atoms with Crippen LogP contribution in [0.4, 0.5) is 10.5 Å². The molecule has 0 radical (unpaired) electrons. The minimum atomic E-state index is -0.640. The number of urea groups is 1. The number of benzene rings is 2. The molecule has 3 amide bonds. The van der Waals surface area contributed by atoms with Crippen molar-refractivity contribution in [2.45, 2.75) is 20.0 Å². The van der Waals surface area contributed by atoms with Crippen molar-refractivity contribution in [1.29, 1.82) is 5.26 Å². The van der Waals surface area contributed by atoms with Crippen molar-refractivity contribution in [3.8, 4) is 23.1 Å². The van der Waals surface area contributed by atoms with Crippen LogP contribution in [0.25, 0.3) is 11.3 Å². The molecule has 0 unspecified atom stereocenters. The fraction of sp³-hybridized carbons (Fsp3) is 0.217. The molecular formula is C23H21ClN6O3. The third-order valence-corrected chi connectivity index (χ3v) is 5.45. The summed E-state index contributed by atoms with van der Waals surface area (Å²) in [4.78, 5) is 26.8. The molecule has 0 saturated heterocycles. The fourth-order valence-corrected chi connectivity index (χ4v) is 3.96. The van der Waals surface area contributed by atoms with E-state index in [0.717, 1.165) is 0 Å². The van der Waals surface area contributed by atoms with Gasteiger partial charge in [0.1, 0.15) is 11.4 Å². The number of carbonyl (C=O) groups is 2. The van der Waals surface area contributed by atoms with Crippen molar-refractivity contribution in [2.75, 3.05) is 18.5 Å². The summed E-state index contributed by atoms with van der Waals surface area (Å²) in [7, 11) is 0. The molecule has 1 aromatic heterocycles. The van der Waals surface area contributed by atoms with Gasteiger partial charge in [0.15, 0.2) is 0 Å². The molecule has 33 heavy (non-hydrogen) atoms. The van der Waals surface area contributed by atoms with Crippen LogP contribution >= 0.6 is 11.6 Å². The maximum absolute atomic E-state index is 12.8. The number of nitrogens with one attached hydrogen (secondary N) is 1. The van der Waals surface area contributed by atoms with Gasteiger partial charge in [-0.25, -0.2) is 4.79 Å². The number of amides is 3. The molecule has 0 atom stereocenters. The minimum absolute atomic E-state index is 0.159. The SMILES string of the molecule is CCOc1cc(Cl)cc(-c2nn3c(c2C(N)=O)CN(C(=O)Nc2ccc(C#N)cc2)CC3)c1. The lowest BCUT2D eigenvalue weighted by Crippen LogP contribution is -2.41. The third kappa shape index (κ3) is 4.61. The summed E-state index contributed by atoms with van der Waals surface area (Å²) in [5.74, 6) is -0.0802. The molecule has 10 heteroatoms. The lowest BCUT2D eigenvalue weighted by atomic mass is 10.0. The molecular weight excluding hydrogens is 444 g/mol. The van der Waals surface area contributed by atoms with Crippen LogP contribution in [0.5, 0.6) is 5.75 Å². The Morgan fingerprint density at radius 1 is 1.24 bits per heavy atom. The van der Waals surface area contributed by atoms with Gasteiger partial charge < -0.3 is 20.7 Å². The van der Waals surface area contributed by atoms with Crippen LogP contribution in [-0.2, 0) is 13.1 Å². The molecule has 3 aromatic rings. The molecule has 0 spiro atoms. The number of hydrogen-bond donors (Lipinski definition) is 2. The molecule has 2 aromatic carbocycles. The van der Waals surface area contributed by atoms with E-state index in [1.807, 2.05) is 13.0 Å². The zero-order chi connectivity index (χ0) is 23.5. The van der Waals surface area contributed by atoms with Gasteiger partial charge in [-0.15, -0.1) is 0 Å². The largest absolute Gasteiger partial charge is 0.494 e. The Hall–Kier alpha value is -4.03. The molecule has 1 aliphatic heterocycles. The molecule has 0 bridgehead atoms. The van der Waals surface area contributed by atoms with Crippen molar-refractivity contribution < 1.29 is 14.3 Å². The van der Waals surface area contributed by atoms with Crippen molar-refractivity contribution in [3.63, 3.8) is 0 Å². The van der Waals surface area contributed by atoms with E-state index in [4.69, 9.17) is 27.3 Å². The number of rotatable bonds is 5. The number of nitrogens with two attached hydrogens (primary N) is 1. The van der Waals surface area contributed by atoms with Crippen LogP contribution in [0.15, 0.2) is 42.5 Å². The molecule has 0 fully saturated rings. The Kier molecular flexibility index (Phi) is 6.20. The van der Waals surface area contributed by atoms with Gasteiger partial charge in [0.2, 0.25) is 0 Å². The highest BCUT2D eigenvalue weighted by molar-refractivity contribution is 6.31. The summed E-state index contributed by atoms with van der Waals surface area (Å²) in [6.45, 7) is 3.28. The lowest BCUT2D eigenvalue weighted by Gasteiger charge is -2.28. The van der Waals surface area contributed by atoms with E-state index < -0.39 is 5.91 Å². The van der Waals surface area contributed by atoms with E-state index in [9.17, 15) is 9.59 Å². The molecule has 1 aliphatic rings. The maximum Gasteiger partial charge on any atom is 0.322 e. The summed E-state index contributed by atoms with van der Waals surface area (Å²) in [6, 6.07) is 13.4. The second kappa shape index (κ2) is 9.22. The number of fused-ring (bicyclic) bond motifs is 1. The first kappa shape index (κ1) is 22.2. The van der Waals surface area contributed by atoms with E-state index in [1.54, 1.807) is 52.0 Å². The third-order valence-electron chi connectivity index (χ3n) is 5.23. The first-order valence-corrected chi connectivity index (χ1v) is 10.7. The fourth-order valence-electron chi connectivity index (χ4n) is 3.73. The average Bonchev–Trinajstić information content (AvgIpc) is 3.18. The van der Waals surface area contributed by atoms with Crippen LogP contribution < -0.4 is 15.8 Å². The summed E-state index contributed by atoms with van der Waals surface area (Å²) < 4.78 is 7.25. The Balaban J connectivity index is 1.62. The molecule has 9 nitrogen and oxygen atoms in total. The number of hydrogen-bond acceptors (Lipinski definition) is 5.